The molecule has 0 aliphatic rings. The molecule has 2 aromatic carbocycles. The summed E-state index contributed by atoms with van der Waals surface area (Å²) in [5.41, 5.74) is 2.04. The fourth-order valence-corrected chi connectivity index (χ4v) is 3.00. The van der Waals surface area contributed by atoms with Crippen LogP contribution in [-0.4, -0.2) is 28.8 Å². The van der Waals surface area contributed by atoms with Gasteiger partial charge in [-0.3, -0.25) is 0 Å². The number of halogens is 1. The summed E-state index contributed by atoms with van der Waals surface area (Å²) in [7, 11) is 1.63. The smallest absolute Gasteiger partial charge is 0.408 e. The summed E-state index contributed by atoms with van der Waals surface area (Å²) >= 11 is 6.07. The number of rotatable bonds is 5. The predicted octanol–water partition coefficient (Wildman–Crippen LogP) is 5.03. The summed E-state index contributed by atoms with van der Waals surface area (Å²) in [4.78, 5) is 20.3. The molecule has 0 aliphatic heterocycles. The minimum atomic E-state index is -0.587. The van der Waals surface area contributed by atoms with E-state index in [9.17, 15) is 4.79 Å². The van der Waals surface area contributed by atoms with Crippen LogP contribution in [0.3, 0.4) is 0 Å². The number of ether oxygens (including phenoxy) is 2. The van der Waals surface area contributed by atoms with Crippen molar-refractivity contribution in [2.45, 2.75) is 38.8 Å². The van der Waals surface area contributed by atoms with Crippen LogP contribution in [-0.2, 0) is 11.2 Å². The molecule has 3 rings (SSSR count). The maximum Gasteiger partial charge on any atom is 0.408 e. The molecule has 6 nitrogen and oxygen atoms in total. The van der Waals surface area contributed by atoms with Crippen LogP contribution in [0.4, 0.5) is 4.79 Å². The van der Waals surface area contributed by atoms with Gasteiger partial charge in [-0.1, -0.05) is 23.7 Å². The standard InChI is InChI=1S/C21H24ClN3O3/c1-21(2,3)28-20(26)25-18(11-13-5-8-15(27-4)9-6-13)19-23-16-10-7-14(22)12-17(16)24-19/h5-10,12,18H,11H2,1-4H3,(H,23,24)(H,25,26)/t18-/m1/s1. The number of aromatic nitrogens is 2. The van der Waals surface area contributed by atoms with Gasteiger partial charge in [-0.25, -0.2) is 9.78 Å². The first kappa shape index (κ1) is 20.0. The third-order valence-corrected chi connectivity index (χ3v) is 4.32. The van der Waals surface area contributed by atoms with Crippen LogP contribution in [0.2, 0.25) is 5.02 Å². The summed E-state index contributed by atoms with van der Waals surface area (Å²) in [6.07, 6.45) is 0.0427. The Bertz CT molecular complexity index is 961. The fourth-order valence-electron chi connectivity index (χ4n) is 2.83. The van der Waals surface area contributed by atoms with Gasteiger partial charge in [-0.15, -0.1) is 0 Å². The molecule has 1 amide bonds. The van der Waals surface area contributed by atoms with Crippen LogP contribution in [0, 0.1) is 0 Å². The third kappa shape index (κ3) is 5.16. The Labute approximate surface area is 169 Å². The van der Waals surface area contributed by atoms with Crippen LogP contribution in [0.5, 0.6) is 5.75 Å². The molecule has 148 valence electrons. The van der Waals surface area contributed by atoms with Crippen LogP contribution >= 0.6 is 11.6 Å². The zero-order valence-corrected chi connectivity index (χ0v) is 17.1. The number of carbonyl (C=O) groups is 1. The molecule has 1 atom stereocenters. The molecular formula is C21H24ClN3O3. The van der Waals surface area contributed by atoms with E-state index in [1.807, 2.05) is 57.2 Å². The highest BCUT2D eigenvalue weighted by Gasteiger charge is 2.23. The van der Waals surface area contributed by atoms with E-state index in [1.165, 1.54) is 0 Å². The van der Waals surface area contributed by atoms with E-state index in [4.69, 9.17) is 21.1 Å². The number of H-pyrrole nitrogens is 1. The minimum absolute atomic E-state index is 0.394. The van der Waals surface area contributed by atoms with Crippen LogP contribution in [0.1, 0.15) is 38.2 Å². The third-order valence-electron chi connectivity index (χ3n) is 4.08. The minimum Gasteiger partial charge on any atom is -0.497 e. The highest BCUT2D eigenvalue weighted by atomic mass is 35.5. The lowest BCUT2D eigenvalue weighted by atomic mass is 10.1. The Balaban J connectivity index is 1.88. The molecule has 0 radical (unpaired) electrons. The Morgan fingerprint density at radius 2 is 1.93 bits per heavy atom. The van der Waals surface area contributed by atoms with Gasteiger partial charge in [-0.05, 0) is 56.7 Å². The second-order valence-corrected chi connectivity index (χ2v) is 7.97. The molecule has 3 aromatic rings. The lowest BCUT2D eigenvalue weighted by Crippen LogP contribution is -2.36. The van der Waals surface area contributed by atoms with Gasteiger partial charge in [0, 0.05) is 11.4 Å². The van der Waals surface area contributed by atoms with Gasteiger partial charge in [-0.2, -0.15) is 0 Å². The first-order valence-electron chi connectivity index (χ1n) is 9.01. The zero-order chi connectivity index (χ0) is 20.3. The van der Waals surface area contributed by atoms with Crippen molar-refractivity contribution < 1.29 is 14.3 Å². The molecular weight excluding hydrogens is 378 g/mol. The van der Waals surface area contributed by atoms with E-state index in [1.54, 1.807) is 13.2 Å². The van der Waals surface area contributed by atoms with E-state index in [0.29, 0.717) is 17.3 Å². The highest BCUT2D eigenvalue weighted by molar-refractivity contribution is 6.31. The van der Waals surface area contributed by atoms with Crippen molar-refractivity contribution in [1.29, 1.82) is 0 Å². The van der Waals surface area contributed by atoms with Gasteiger partial charge >= 0.3 is 6.09 Å². The second kappa shape index (κ2) is 8.10. The monoisotopic (exact) mass is 401 g/mol. The molecule has 7 heteroatoms. The van der Waals surface area contributed by atoms with Crippen molar-refractivity contribution in [2.75, 3.05) is 7.11 Å². The van der Waals surface area contributed by atoms with Crippen LogP contribution < -0.4 is 10.1 Å². The molecule has 0 saturated carbocycles. The largest absolute Gasteiger partial charge is 0.497 e. The molecule has 0 aliphatic carbocycles. The van der Waals surface area contributed by atoms with Crippen molar-refractivity contribution in [3.63, 3.8) is 0 Å². The summed E-state index contributed by atoms with van der Waals surface area (Å²) in [5.74, 6) is 1.41. The molecule has 0 saturated heterocycles. The van der Waals surface area contributed by atoms with Gasteiger partial charge in [0.25, 0.3) is 0 Å². The maximum absolute atomic E-state index is 12.4. The number of benzene rings is 2. The SMILES string of the molecule is COc1ccc(C[C@@H](NC(=O)OC(C)(C)C)c2nc3ccc(Cl)cc3[nH]2)cc1. The molecule has 0 spiro atoms. The van der Waals surface area contributed by atoms with Gasteiger partial charge in [0.05, 0.1) is 24.2 Å². The first-order valence-corrected chi connectivity index (χ1v) is 9.39. The van der Waals surface area contributed by atoms with Gasteiger partial charge < -0.3 is 19.8 Å². The summed E-state index contributed by atoms with van der Waals surface area (Å²) in [6, 6.07) is 12.7. The lowest BCUT2D eigenvalue weighted by molar-refractivity contribution is 0.0501. The number of nitrogens with one attached hydrogen (secondary N) is 2. The lowest BCUT2D eigenvalue weighted by Gasteiger charge is -2.23. The Morgan fingerprint density at radius 1 is 1.21 bits per heavy atom. The van der Waals surface area contributed by atoms with E-state index in [2.05, 4.69) is 15.3 Å². The topological polar surface area (TPSA) is 76.2 Å². The quantitative estimate of drug-likeness (QED) is 0.628. The van der Waals surface area contributed by atoms with E-state index in [0.717, 1.165) is 22.3 Å². The summed E-state index contributed by atoms with van der Waals surface area (Å²) in [6.45, 7) is 5.48. The van der Waals surface area contributed by atoms with Crippen LogP contribution in [0.15, 0.2) is 42.5 Å². The number of hydrogen-bond acceptors (Lipinski definition) is 4. The average molecular weight is 402 g/mol. The van der Waals surface area contributed by atoms with Gasteiger partial charge in [0.1, 0.15) is 17.2 Å². The predicted molar refractivity (Wildman–Crippen MR) is 110 cm³/mol. The maximum atomic E-state index is 12.4. The van der Waals surface area contributed by atoms with Crippen LogP contribution in [0.25, 0.3) is 11.0 Å². The number of imidazole rings is 1. The van der Waals surface area contributed by atoms with Crippen molar-refractivity contribution in [2.24, 2.45) is 0 Å². The Hall–Kier alpha value is -2.73. The molecule has 0 unspecified atom stereocenters. The van der Waals surface area contributed by atoms with Crippen molar-refractivity contribution in [3.05, 3.63) is 58.9 Å². The molecule has 0 bridgehead atoms. The number of alkyl carbamates (subject to hydrolysis) is 1. The van der Waals surface area contributed by atoms with Crippen molar-refractivity contribution >= 4 is 28.7 Å². The number of nitrogens with zero attached hydrogens (tertiary/aromatic N) is 1. The number of carbonyl (C=O) groups excluding carboxylic acids is 1. The molecule has 0 fully saturated rings. The van der Waals surface area contributed by atoms with E-state index < -0.39 is 17.7 Å². The zero-order valence-electron chi connectivity index (χ0n) is 16.4. The normalized spacial score (nSPS) is 12.6. The number of hydrogen-bond donors (Lipinski definition) is 2. The summed E-state index contributed by atoms with van der Waals surface area (Å²) < 4.78 is 10.6. The Morgan fingerprint density at radius 3 is 2.57 bits per heavy atom. The van der Waals surface area contributed by atoms with E-state index >= 15 is 0 Å². The fraction of sp³-hybridized carbons (Fsp3) is 0.333. The molecule has 1 aromatic heterocycles. The number of aromatic amines is 1. The number of amides is 1. The number of methoxy groups -OCH3 is 1. The second-order valence-electron chi connectivity index (χ2n) is 7.53. The van der Waals surface area contributed by atoms with E-state index in [-0.39, 0.29) is 0 Å². The van der Waals surface area contributed by atoms with Crippen molar-refractivity contribution in [3.8, 4) is 5.75 Å². The Kier molecular flexibility index (Phi) is 5.79. The number of fused-ring (bicyclic) bond motifs is 1. The first-order chi connectivity index (χ1) is 13.2. The molecule has 1 heterocycles. The van der Waals surface area contributed by atoms with Gasteiger partial charge in [0.2, 0.25) is 0 Å². The molecule has 28 heavy (non-hydrogen) atoms. The average Bonchev–Trinajstić information content (AvgIpc) is 3.03. The molecule has 2 N–H and O–H groups in total. The summed E-state index contributed by atoms with van der Waals surface area (Å²) in [5, 5.41) is 3.54. The van der Waals surface area contributed by atoms with Crippen molar-refractivity contribution in [1.82, 2.24) is 15.3 Å². The highest BCUT2D eigenvalue weighted by Crippen LogP contribution is 2.23. The van der Waals surface area contributed by atoms with Gasteiger partial charge in [0.15, 0.2) is 0 Å².